The first-order chi connectivity index (χ1) is 11.2. The Balaban J connectivity index is 1.79. The SMILES string of the molecule is Cc1nnc(Cn2cnc3c(nnn3-c3ccccc3)c2=O)s1. The molecule has 0 bridgehead atoms. The minimum Gasteiger partial charge on any atom is -0.290 e. The molecule has 0 amide bonds. The van der Waals surface area contributed by atoms with E-state index in [1.54, 1.807) is 4.68 Å². The number of aromatic nitrogens is 7. The molecule has 0 aliphatic rings. The zero-order chi connectivity index (χ0) is 15.8. The van der Waals surface area contributed by atoms with E-state index in [-0.39, 0.29) is 11.1 Å². The van der Waals surface area contributed by atoms with Crippen molar-refractivity contribution in [3.05, 3.63) is 57.0 Å². The molecule has 0 saturated carbocycles. The predicted octanol–water partition coefficient (Wildman–Crippen LogP) is 1.19. The van der Waals surface area contributed by atoms with E-state index in [9.17, 15) is 4.79 Å². The van der Waals surface area contributed by atoms with E-state index in [1.807, 2.05) is 37.3 Å². The number of aryl methyl sites for hydroxylation is 1. The molecule has 0 aliphatic heterocycles. The second kappa shape index (κ2) is 5.36. The first-order valence-electron chi connectivity index (χ1n) is 6.87. The molecule has 3 aromatic heterocycles. The van der Waals surface area contributed by atoms with Crippen molar-refractivity contribution in [2.75, 3.05) is 0 Å². The molecule has 4 rings (SSSR count). The van der Waals surface area contributed by atoms with E-state index in [1.165, 1.54) is 22.2 Å². The zero-order valence-corrected chi connectivity index (χ0v) is 12.9. The molecule has 1 aromatic carbocycles. The van der Waals surface area contributed by atoms with Crippen LogP contribution in [0.4, 0.5) is 0 Å². The van der Waals surface area contributed by atoms with Crippen molar-refractivity contribution in [1.82, 2.24) is 34.7 Å². The van der Waals surface area contributed by atoms with Gasteiger partial charge in [-0.15, -0.1) is 15.3 Å². The Morgan fingerprint density at radius 3 is 2.70 bits per heavy atom. The number of benzene rings is 1. The van der Waals surface area contributed by atoms with Gasteiger partial charge in [-0.1, -0.05) is 34.7 Å². The van der Waals surface area contributed by atoms with Gasteiger partial charge in [0, 0.05) is 0 Å². The Hall–Kier alpha value is -2.94. The summed E-state index contributed by atoms with van der Waals surface area (Å²) in [7, 11) is 0. The number of rotatable bonds is 3. The van der Waals surface area contributed by atoms with E-state index in [2.05, 4.69) is 25.5 Å². The number of para-hydroxylation sites is 1. The first-order valence-corrected chi connectivity index (χ1v) is 7.69. The highest BCUT2D eigenvalue weighted by molar-refractivity contribution is 7.11. The fourth-order valence-electron chi connectivity index (χ4n) is 2.25. The average molecular weight is 325 g/mol. The highest BCUT2D eigenvalue weighted by Gasteiger charge is 2.14. The van der Waals surface area contributed by atoms with Crippen molar-refractivity contribution in [1.29, 1.82) is 0 Å². The van der Waals surface area contributed by atoms with Crippen LogP contribution in [0.25, 0.3) is 16.9 Å². The van der Waals surface area contributed by atoms with Crippen LogP contribution in [-0.4, -0.2) is 34.7 Å². The molecular weight excluding hydrogens is 314 g/mol. The molecule has 4 aromatic rings. The van der Waals surface area contributed by atoms with Crippen molar-refractivity contribution >= 4 is 22.5 Å². The van der Waals surface area contributed by atoms with Crippen LogP contribution in [0, 0.1) is 6.92 Å². The fourth-order valence-corrected chi connectivity index (χ4v) is 2.95. The van der Waals surface area contributed by atoms with Gasteiger partial charge in [0.25, 0.3) is 5.56 Å². The fraction of sp³-hybridized carbons (Fsp3) is 0.143. The molecule has 0 fully saturated rings. The smallest absolute Gasteiger partial charge is 0.283 e. The Bertz CT molecular complexity index is 1030. The van der Waals surface area contributed by atoms with E-state index < -0.39 is 0 Å². The number of hydrogen-bond donors (Lipinski definition) is 0. The summed E-state index contributed by atoms with van der Waals surface area (Å²) in [6.07, 6.45) is 1.49. The van der Waals surface area contributed by atoms with Crippen molar-refractivity contribution < 1.29 is 0 Å². The lowest BCUT2D eigenvalue weighted by Gasteiger charge is -2.03. The third kappa shape index (κ3) is 2.40. The molecule has 23 heavy (non-hydrogen) atoms. The van der Waals surface area contributed by atoms with Crippen molar-refractivity contribution in [2.24, 2.45) is 0 Å². The van der Waals surface area contributed by atoms with E-state index in [4.69, 9.17) is 0 Å². The summed E-state index contributed by atoms with van der Waals surface area (Å²) in [6.45, 7) is 2.20. The van der Waals surface area contributed by atoms with Crippen molar-refractivity contribution in [2.45, 2.75) is 13.5 Å². The summed E-state index contributed by atoms with van der Waals surface area (Å²) in [5.41, 5.74) is 1.23. The van der Waals surface area contributed by atoms with E-state index in [0.717, 1.165) is 15.7 Å². The Kier molecular flexibility index (Phi) is 3.19. The van der Waals surface area contributed by atoms with Gasteiger partial charge in [-0.05, 0) is 19.1 Å². The Morgan fingerprint density at radius 2 is 1.96 bits per heavy atom. The maximum atomic E-state index is 12.5. The standard InChI is InChI=1S/C14H11N7OS/c1-9-16-17-11(23-9)7-20-8-15-13-12(14(20)22)18-19-21(13)10-5-3-2-4-6-10/h2-6,8H,7H2,1H3. The first kappa shape index (κ1) is 13.7. The minimum absolute atomic E-state index is 0.234. The van der Waals surface area contributed by atoms with Gasteiger partial charge in [0.1, 0.15) is 16.3 Å². The summed E-state index contributed by atoms with van der Waals surface area (Å²) in [6, 6.07) is 9.45. The van der Waals surface area contributed by atoms with Crippen LogP contribution in [0.2, 0.25) is 0 Å². The lowest BCUT2D eigenvalue weighted by atomic mass is 10.3. The molecule has 9 heteroatoms. The van der Waals surface area contributed by atoms with Gasteiger partial charge in [-0.25, -0.2) is 4.98 Å². The van der Waals surface area contributed by atoms with Crippen LogP contribution in [0.1, 0.15) is 10.0 Å². The minimum atomic E-state index is -0.245. The Labute approximate surface area is 134 Å². The summed E-state index contributed by atoms with van der Waals surface area (Å²) in [4.78, 5) is 16.9. The van der Waals surface area contributed by atoms with Crippen LogP contribution in [0.5, 0.6) is 0 Å². The van der Waals surface area contributed by atoms with Gasteiger partial charge >= 0.3 is 0 Å². The summed E-state index contributed by atoms with van der Waals surface area (Å²) in [5.74, 6) is 0. The normalized spacial score (nSPS) is 11.2. The van der Waals surface area contributed by atoms with E-state index >= 15 is 0 Å². The maximum absolute atomic E-state index is 12.5. The number of nitrogens with zero attached hydrogens (tertiary/aromatic N) is 7. The summed E-state index contributed by atoms with van der Waals surface area (Å²) in [5, 5.41) is 17.6. The largest absolute Gasteiger partial charge is 0.290 e. The third-order valence-electron chi connectivity index (χ3n) is 3.30. The molecule has 0 atom stereocenters. The van der Waals surface area contributed by atoms with E-state index in [0.29, 0.717) is 12.2 Å². The van der Waals surface area contributed by atoms with Crippen LogP contribution < -0.4 is 5.56 Å². The van der Waals surface area contributed by atoms with Gasteiger partial charge in [0.15, 0.2) is 11.2 Å². The second-order valence-corrected chi connectivity index (χ2v) is 6.17. The molecule has 8 nitrogen and oxygen atoms in total. The molecule has 3 heterocycles. The van der Waals surface area contributed by atoms with Crippen LogP contribution in [0.15, 0.2) is 41.5 Å². The quantitative estimate of drug-likeness (QED) is 0.562. The Morgan fingerprint density at radius 1 is 1.13 bits per heavy atom. The molecule has 0 spiro atoms. The third-order valence-corrected chi connectivity index (χ3v) is 4.13. The molecule has 0 unspecified atom stereocenters. The van der Waals surface area contributed by atoms with Gasteiger partial charge in [0.2, 0.25) is 0 Å². The number of hydrogen-bond acceptors (Lipinski definition) is 7. The molecule has 0 aliphatic carbocycles. The van der Waals surface area contributed by atoms with Gasteiger partial charge in [-0.3, -0.25) is 9.36 Å². The topological polar surface area (TPSA) is 91.4 Å². The summed E-state index contributed by atoms with van der Waals surface area (Å²) < 4.78 is 3.02. The number of fused-ring (bicyclic) bond motifs is 1. The van der Waals surface area contributed by atoms with Gasteiger partial charge in [0.05, 0.1) is 12.2 Å². The highest BCUT2D eigenvalue weighted by Crippen LogP contribution is 2.12. The van der Waals surface area contributed by atoms with Crippen LogP contribution in [-0.2, 0) is 6.54 Å². The highest BCUT2D eigenvalue weighted by atomic mass is 32.1. The molecule has 114 valence electrons. The van der Waals surface area contributed by atoms with Crippen molar-refractivity contribution in [3.8, 4) is 5.69 Å². The van der Waals surface area contributed by atoms with Gasteiger partial charge < -0.3 is 0 Å². The molecule has 0 N–H and O–H groups in total. The van der Waals surface area contributed by atoms with Gasteiger partial charge in [-0.2, -0.15) is 4.68 Å². The monoisotopic (exact) mass is 325 g/mol. The maximum Gasteiger partial charge on any atom is 0.283 e. The molecular formula is C14H11N7OS. The lowest BCUT2D eigenvalue weighted by Crippen LogP contribution is -2.21. The predicted molar refractivity (Wildman–Crippen MR) is 84.7 cm³/mol. The molecule has 0 saturated heterocycles. The molecule has 0 radical (unpaired) electrons. The second-order valence-electron chi connectivity index (χ2n) is 4.90. The van der Waals surface area contributed by atoms with Crippen molar-refractivity contribution in [3.63, 3.8) is 0 Å². The summed E-state index contributed by atoms with van der Waals surface area (Å²) >= 11 is 1.45. The average Bonchev–Trinajstić information content (AvgIpc) is 3.17. The lowest BCUT2D eigenvalue weighted by molar-refractivity contribution is 0.731. The zero-order valence-electron chi connectivity index (χ0n) is 12.1. The van der Waals surface area contributed by atoms with Crippen LogP contribution in [0.3, 0.4) is 0 Å². The van der Waals surface area contributed by atoms with Crippen LogP contribution >= 0.6 is 11.3 Å².